The van der Waals surface area contributed by atoms with Crippen molar-refractivity contribution in [2.45, 2.75) is 26.3 Å². The fraction of sp³-hybridized carbons (Fsp3) is 0.857. The molecule has 0 heterocycles. The van der Waals surface area contributed by atoms with Gasteiger partial charge in [-0.3, -0.25) is 10.6 Å². The Morgan fingerprint density at radius 2 is 2.09 bits per heavy atom. The van der Waals surface area contributed by atoms with Crippen molar-refractivity contribution in [1.82, 2.24) is 5.01 Å². The van der Waals surface area contributed by atoms with Gasteiger partial charge < -0.3 is 4.74 Å². The standard InChI is InChI=1S/C7H16N2O2/c1-5-11-6(10)7(2,3)9(4)8/h5,8H2,1-4H3. The Kier molecular flexibility index (Phi) is 3.48. The first-order chi connectivity index (χ1) is 4.92. The number of likely N-dealkylation sites (N-methyl/N-ethyl adjacent to an activating group) is 1. The van der Waals surface area contributed by atoms with Gasteiger partial charge in [-0.25, -0.2) is 5.01 Å². The predicted molar refractivity (Wildman–Crippen MR) is 42.7 cm³/mol. The third kappa shape index (κ3) is 2.48. The Hall–Kier alpha value is -0.610. The maximum atomic E-state index is 11.2. The van der Waals surface area contributed by atoms with Gasteiger partial charge in [-0.1, -0.05) is 0 Å². The summed E-state index contributed by atoms with van der Waals surface area (Å²) in [6, 6.07) is 0. The highest BCUT2D eigenvalue weighted by Crippen LogP contribution is 2.09. The lowest BCUT2D eigenvalue weighted by atomic mass is 10.1. The number of nitrogens with two attached hydrogens (primary N) is 1. The topological polar surface area (TPSA) is 55.6 Å². The van der Waals surface area contributed by atoms with Gasteiger partial charge in [0.05, 0.1) is 6.61 Å². The smallest absolute Gasteiger partial charge is 0.327 e. The van der Waals surface area contributed by atoms with Crippen LogP contribution in [0, 0.1) is 0 Å². The van der Waals surface area contributed by atoms with Gasteiger partial charge in [0.2, 0.25) is 0 Å². The van der Waals surface area contributed by atoms with Crippen LogP contribution in [0.4, 0.5) is 0 Å². The zero-order valence-electron chi connectivity index (χ0n) is 7.55. The van der Waals surface area contributed by atoms with Crippen molar-refractivity contribution in [3.63, 3.8) is 0 Å². The molecule has 0 aliphatic rings. The van der Waals surface area contributed by atoms with Gasteiger partial charge >= 0.3 is 5.97 Å². The van der Waals surface area contributed by atoms with Crippen LogP contribution in [0.15, 0.2) is 0 Å². The van der Waals surface area contributed by atoms with E-state index in [-0.39, 0.29) is 5.97 Å². The molecule has 0 aromatic carbocycles. The molecule has 0 rings (SSSR count). The highest BCUT2D eigenvalue weighted by Gasteiger charge is 2.31. The van der Waals surface area contributed by atoms with Crippen LogP contribution in [0.3, 0.4) is 0 Å². The SMILES string of the molecule is CCOC(=O)C(C)(C)N(C)N. The number of ether oxygens (including phenoxy) is 1. The van der Waals surface area contributed by atoms with Crippen molar-refractivity contribution < 1.29 is 9.53 Å². The normalized spacial score (nSPS) is 11.8. The molecule has 0 fully saturated rings. The number of hydrogen-bond acceptors (Lipinski definition) is 4. The molecule has 0 atom stereocenters. The van der Waals surface area contributed by atoms with Crippen molar-refractivity contribution in [2.24, 2.45) is 5.84 Å². The summed E-state index contributed by atoms with van der Waals surface area (Å²) in [7, 11) is 1.64. The van der Waals surface area contributed by atoms with Gasteiger partial charge in [0, 0.05) is 7.05 Å². The molecule has 0 radical (unpaired) electrons. The van der Waals surface area contributed by atoms with Crippen LogP contribution in [-0.2, 0) is 9.53 Å². The largest absolute Gasteiger partial charge is 0.465 e. The van der Waals surface area contributed by atoms with Gasteiger partial charge in [-0.15, -0.1) is 0 Å². The lowest BCUT2D eigenvalue weighted by molar-refractivity contribution is -0.155. The number of nitrogens with zero attached hydrogens (tertiary/aromatic N) is 1. The second-order valence-electron chi connectivity index (χ2n) is 2.89. The summed E-state index contributed by atoms with van der Waals surface area (Å²) in [4.78, 5) is 11.2. The molecule has 0 spiro atoms. The maximum absolute atomic E-state index is 11.2. The third-order valence-electron chi connectivity index (χ3n) is 1.66. The number of carbonyl (C=O) groups excluding carboxylic acids is 1. The molecule has 0 saturated heterocycles. The predicted octanol–water partition coefficient (Wildman–Crippen LogP) is 0.134. The second-order valence-corrected chi connectivity index (χ2v) is 2.89. The first-order valence-corrected chi connectivity index (χ1v) is 3.58. The van der Waals surface area contributed by atoms with Crippen LogP contribution in [0.25, 0.3) is 0 Å². The van der Waals surface area contributed by atoms with E-state index < -0.39 is 5.54 Å². The van der Waals surface area contributed by atoms with E-state index in [1.165, 1.54) is 5.01 Å². The Morgan fingerprint density at radius 1 is 1.64 bits per heavy atom. The number of rotatable bonds is 3. The molecule has 2 N–H and O–H groups in total. The molecule has 0 aromatic rings. The summed E-state index contributed by atoms with van der Waals surface area (Å²) in [5.41, 5.74) is -0.740. The zero-order valence-corrected chi connectivity index (χ0v) is 7.55. The summed E-state index contributed by atoms with van der Waals surface area (Å²) in [5.74, 6) is 5.13. The van der Waals surface area contributed by atoms with Crippen LogP contribution >= 0.6 is 0 Å². The molecule has 0 unspecified atom stereocenters. The van der Waals surface area contributed by atoms with Crippen molar-refractivity contribution in [3.8, 4) is 0 Å². The number of hydrogen-bond donors (Lipinski definition) is 1. The van der Waals surface area contributed by atoms with Crippen LogP contribution in [-0.4, -0.2) is 30.2 Å². The van der Waals surface area contributed by atoms with Gasteiger partial charge in [0.25, 0.3) is 0 Å². The van der Waals surface area contributed by atoms with Gasteiger partial charge in [0.15, 0.2) is 0 Å². The lowest BCUT2D eigenvalue weighted by Crippen LogP contribution is -2.52. The minimum absolute atomic E-state index is 0.301. The Bertz CT molecular complexity index is 143. The van der Waals surface area contributed by atoms with E-state index in [1.54, 1.807) is 27.8 Å². The van der Waals surface area contributed by atoms with E-state index in [2.05, 4.69) is 0 Å². The Labute approximate surface area is 67.3 Å². The number of esters is 1. The molecule has 0 amide bonds. The van der Waals surface area contributed by atoms with Crippen molar-refractivity contribution in [1.29, 1.82) is 0 Å². The quantitative estimate of drug-likeness (QED) is 0.362. The van der Waals surface area contributed by atoms with Crippen LogP contribution < -0.4 is 5.84 Å². The second kappa shape index (κ2) is 3.69. The van der Waals surface area contributed by atoms with Gasteiger partial charge in [0.1, 0.15) is 5.54 Å². The molecule has 0 saturated carbocycles. The molecule has 0 bridgehead atoms. The van der Waals surface area contributed by atoms with E-state index in [0.717, 1.165) is 0 Å². The van der Waals surface area contributed by atoms with E-state index in [1.807, 2.05) is 0 Å². The molecule has 4 nitrogen and oxygen atoms in total. The molecular formula is C7H16N2O2. The summed E-state index contributed by atoms with van der Waals surface area (Å²) in [5, 5.41) is 1.34. The fourth-order valence-corrected chi connectivity index (χ4v) is 0.452. The van der Waals surface area contributed by atoms with Crippen molar-refractivity contribution in [3.05, 3.63) is 0 Å². The highest BCUT2D eigenvalue weighted by atomic mass is 16.5. The lowest BCUT2D eigenvalue weighted by Gasteiger charge is -2.28. The van der Waals surface area contributed by atoms with Crippen LogP contribution in [0.5, 0.6) is 0 Å². The van der Waals surface area contributed by atoms with Crippen LogP contribution in [0.1, 0.15) is 20.8 Å². The molecule has 11 heavy (non-hydrogen) atoms. The highest BCUT2D eigenvalue weighted by molar-refractivity contribution is 5.79. The first-order valence-electron chi connectivity index (χ1n) is 3.58. The van der Waals surface area contributed by atoms with Crippen molar-refractivity contribution in [2.75, 3.05) is 13.7 Å². The minimum Gasteiger partial charge on any atom is -0.465 e. The van der Waals surface area contributed by atoms with Gasteiger partial charge in [-0.2, -0.15) is 0 Å². The van der Waals surface area contributed by atoms with E-state index in [0.29, 0.717) is 6.61 Å². The molecule has 4 heteroatoms. The zero-order chi connectivity index (χ0) is 9.07. The molecule has 0 aromatic heterocycles. The average molecular weight is 160 g/mol. The summed E-state index contributed by atoms with van der Waals surface area (Å²) >= 11 is 0. The summed E-state index contributed by atoms with van der Waals surface area (Å²) < 4.78 is 4.81. The Balaban J connectivity index is 4.18. The maximum Gasteiger partial charge on any atom is 0.327 e. The third-order valence-corrected chi connectivity index (χ3v) is 1.66. The molecule has 0 aliphatic heterocycles. The number of hydrazine groups is 1. The average Bonchev–Trinajstić information content (AvgIpc) is 1.88. The van der Waals surface area contributed by atoms with Crippen molar-refractivity contribution >= 4 is 5.97 Å². The molecule has 66 valence electrons. The van der Waals surface area contributed by atoms with Crippen LogP contribution in [0.2, 0.25) is 0 Å². The number of carbonyl (C=O) groups is 1. The van der Waals surface area contributed by atoms with E-state index in [9.17, 15) is 4.79 Å². The monoisotopic (exact) mass is 160 g/mol. The first kappa shape index (κ1) is 10.4. The molecular weight excluding hydrogens is 144 g/mol. The van der Waals surface area contributed by atoms with E-state index in [4.69, 9.17) is 10.6 Å². The Morgan fingerprint density at radius 3 is 2.36 bits per heavy atom. The van der Waals surface area contributed by atoms with Gasteiger partial charge in [-0.05, 0) is 20.8 Å². The summed E-state index contributed by atoms with van der Waals surface area (Å²) in [6.07, 6.45) is 0. The minimum atomic E-state index is -0.740. The molecule has 0 aliphatic carbocycles. The summed E-state index contributed by atoms with van der Waals surface area (Å²) in [6.45, 7) is 5.58. The van der Waals surface area contributed by atoms with E-state index >= 15 is 0 Å². The fourth-order valence-electron chi connectivity index (χ4n) is 0.452.